The van der Waals surface area contributed by atoms with Gasteiger partial charge in [0.2, 0.25) is 0 Å². The molecule has 0 amide bonds. The van der Waals surface area contributed by atoms with Crippen LogP contribution < -0.4 is 0 Å². The van der Waals surface area contributed by atoms with Gasteiger partial charge in [0.15, 0.2) is 5.69 Å². The number of nitrogens with zero attached hydrogens (tertiary/aromatic N) is 2. The fraction of sp³-hybridized carbons (Fsp3) is 0.308. The van der Waals surface area contributed by atoms with Crippen LogP contribution in [0, 0.1) is 0 Å². The molecule has 0 N–H and O–H groups in total. The third-order valence-corrected chi connectivity index (χ3v) is 2.91. The number of halogens is 1. The first-order valence-corrected chi connectivity index (χ1v) is 6.68. The Labute approximate surface area is 119 Å². The van der Waals surface area contributed by atoms with Crippen molar-refractivity contribution in [2.75, 3.05) is 19.8 Å². The molecular weight excluding hydrogens is 312 g/mol. The predicted molar refractivity (Wildman–Crippen MR) is 74.0 cm³/mol. The Morgan fingerprint density at radius 1 is 1.26 bits per heavy atom. The Kier molecular flexibility index (Phi) is 4.81. The van der Waals surface area contributed by atoms with Crippen molar-refractivity contribution in [3.63, 3.8) is 0 Å². The summed E-state index contributed by atoms with van der Waals surface area (Å²) in [6.07, 6.45) is 0. The quantitative estimate of drug-likeness (QED) is 0.625. The summed E-state index contributed by atoms with van der Waals surface area (Å²) in [5.41, 5.74) is 0.927. The highest BCUT2D eigenvalue weighted by Crippen LogP contribution is 2.18. The van der Waals surface area contributed by atoms with Crippen LogP contribution in [0.1, 0.15) is 17.4 Å². The van der Waals surface area contributed by atoms with Crippen LogP contribution >= 0.6 is 15.9 Å². The number of esters is 1. The van der Waals surface area contributed by atoms with E-state index in [9.17, 15) is 4.79 Å². The van der Waals surface area contributed by atoms with Crippen molar-refractivity contribution < 1.29 is 14.3 Å². The minimum absolute atomic E-state index is 0.196. The summed E-state index contributed by atoms with van der Waals surface area (Å²) in [6, 6.07) is 7.24. The molecule has 0 aliphatic heterocycles. The van der Waals surface area contributed by atoms with Crippen LogP contribution in [0.5, 0.6) is 0 Å². The molecule has 2 aromatic rings. The number of benzene rings is 1. The SMILES string of the molecule is CCOCCOC(=O)c1cc2cc(Br)ccc2nn1. The van der Waals surface area contributed by atoms with Crippen LogP contribution in [-0.2, 0) is 9.47 Å². The maximum Gasteiger partial charge on any atom is 0.358 e. The summed E-state index contributed by atoms with van der Waals surface area (Å²) in [6.45, 7) is 3.08. The van der Waals surface area contributed by atoms with Crippen molar-refractivity contribution in [1.82, 2.24) is 10.2 Å². The molecule has 1 aromatic heterocycles. The first-order valence-electron chi connectivity index (χ1n) is 5.88. The molecule has 100 valence electrons. The van der Waals surface area contributed by atoms with Gasteiger partial charge >= 0.3 is 5.97 Å². The van der Waals surface area contributed by atoms with Gasteiger partial charge in [0.1, 0.15) is 6.61 Å². The van der Waals surface area contributed by atoms with E-state index in [1.54, 1.807) is 6.07 Å². The zero-order chi connectivity index (χ0) is 13.7. The molecule has 0 aliphatic rings. The highest BCUT2D eigenvalue weighted by atomic mass is 79.9. The second-order valence-electron chi connectivity index (χ2n) is 3.77. The van der Waals surface area contributed by atoms with Gasteiger partial charge in [0, 0.05) is 16.5 Å². The molecule has 6 heteroatoms. The van der Waals surface area contributed by atoms with Crippen LogP contribution in [0.4, 0.5) is 0 Å². The Balaban J connectivity index is 2.09. The predicted octanol–water partition coefficient (Wildman–Crippen LogP) is 2.59. The third kappa shape index (κ3) is 3.71. The van der Waals surface area contributed by atoms with Gasteiger partial charge in [-0.3, -0.25) is 0 Å². The highest BCUT2D eigenvalue weighted by molar-refractivity contribution is 9.10. The van der Waals surface area contributed by atoms with Crippen molar-refractivity contribution in [2.45, 2.75) is 6.92 Å². The fourth-order valence-electron chi connectivity index (χ4n) is 1.53. The molecule has 0 spiro atoms. The summed E-state index contributed by atoms with van der Waals surface area (Å²) in [5.74, 6) is -0.492. The molecule has 0 atom stereocenters. The summed E-state index contributed by atoms with van der Waals surface area (Å²) in [7, 11) is 0. The number of carbonyl (C=O) groups is 1. The van der Waals surface area contributed by atoms with Crippen molar-refractivity contribution in [1.29, 1.82) is 0 Å². The molecule has 2 rings (SSSR count). The van der Waals surface area contributed by atoms with Crippen molar-refractivity contribution in [3.05, 3.63) is 34.4 Å². The molecule has 0 unspecified atom stereocenters. The van der Waals surface area contributed by atoms with Gasteiger partial charge in [-0.1, -0.05) is 15.9 Å². The van der Waals surface area contributed by atoms with Gasteiger partial charge in [-0.05, 0) is 31.2 Å². The van der Waals surface area contributed by atoms with Crippen LogP contribution in [-0.4, -0.2) is 36.0 Å². The number of fused-ring (bicyclic) bond motifs is 1. The largest absolute Gasteiger partial charge is 0.458 e. The summed E-state index contributed by atoms with van der Waals surface area (Å²) >= 11 is 3.37. The molecule has 0 saturated heterocycles. The van der Waals surface area contributed by atoms with Crippen LogP contribution in [0.15, 0.2) is 28.7 Å². The van der Waals surface area contributed by atoms with Crippen LogP contribution in [0.25, 0.3) is 10.9 Å². The van der Waals surface area contributed by atoms with Gasteiger partial charge in [0.05, 0.1) is 12.1 Å². The Morgan fingerprint density at radius 2 is 2.11 bits per heavy atom. The second kappa shape index (κ2) is 6.58. The van der Waals surface area contributed by atoms with E-state index in [-0.39, 0.29) is 12.3 Å². The maximum absolute atomic E-state index is 11.7. The number of aromatic nitrogens is 2. The molecular formula is C13H13BrN2O3. The lowest BCUT2D eigenvalue weighted by molar-refractivity contribution is 0.0328. The van der Waals surface area contributed by atoms with Crippen molar-refractivity contribution >= 4 is 32.8 Å². The molecule has 1 heterocycles. The second-order valence-corrected chi connectivity index (χ2v) is 4.68. The maximum atomic E-state index is 11.7. The molecule has 0 aliphatic carbocycles. The molecule has 0 radical (unpaired) electrons. The topological polar surface area (TPSA) is 61.3 Å². The number of ether oxygens (including phenoxy) is 2. The monoisotopic (exact) mass is 324 g/mol. The Hall–Kier alpha value is -1.53. The molecule has 0 fully saturated rings. The minimum atomic E-state index is -0.492. The lowest BCUT2D eigenvalue weighted by Gasteiger charge is -2.04. The van der Waals surface area contributed by atoms with E-state index in [2.05, 4.69) is 26.1 Å². The average Bonchev–Trinajstić information content (AvgIpc) is 2.42. The fourth-order valence-corrected chi connectivity index (χ4v) is 1.91. The standard InChI is InChI=1S/C13H13BrN2O3/c1-2-18-5-6-19-13(17)12-8-9-7-10(14)3-4-11(9)15-16-12/h3-4,7-8H,2,5-6H2,1H3. The average molecular weight is 325 g/mol. The Bertz CT molecular complexity index is 589. The number of hydrogen-bond acceptors (Lipinski definition) is 5. The van der Waals surface area contributed by atoms with E-state index < -0.39 is 5.97 Å². The molecule has 5 nitrogen and oxygen atoms in total. The van der Waals surface area contributed by atoms with Crippen LogP contribution in [0.3, 0.4) is 0 Å². The first kappa shape index (κ1) is 13.9. The van der Waals surface area contributed by atoms with E-state index in [0.29, 0.717) is 13.2 Å². The third-order valence-electron chi connectivity index (χ3n) is 2.42. The molecule has 0 saturated carbocycles. The van der Waals surface area contributed by atoms with Gasteiger partial charge in [-0.15, -0.1) is 10.2 Å². The molecule has 0 bridgehead atoms. The summed E-state index contributed by atoms with van der Waals surface area (Å²) < 4.78 is 11.0. The molecule has 1 aromatic carbocycles. The van der Waals surface area contributed by atoms with E-state index in [0.717, 1.165) is 15.4 Å². The highest BCUT2D eigenvalue weighted by Gasteiger charge is 2.10. The first-order chi connectivity index (χ1) is 9.20. The smallest absolute Gasteiger partial charge is 0.358 e. The van der Waals surface area contributed by atoms with E-state index in [1.807, 2.05) is 25.1 Å². The number of carbonyl (C=O) groups excluding carboxylic acids is 1. The summed E-state index contributed by atoms with van der Waals surface area (Å²) in [4.78, 5) is 11.7. The van der Waals surface area contributed by atoms with E-state index in [4.69, 9.17) is 9.47 Å². The van der Waals surface area contributed by atoms with Gasteiger partial charge in [-0.2, -0.15) is 0 Å². The van der Waals surface area contributed by atoms with Crippen LogP contribution in [0.2, 0.25) is 0 Å². The lowest BCUT2D eigenvalue weighted by atomic mass is 10.2. The van der Waals surface area contributed by atoms with Crippen molar-refractivity contribution in [3.8, 4) is 0 Å². The minimum Gasteiger partial charge on any atom is -0.458 e. The number of rotatable bonds is 5. The zero-order valence-corrected chi connectivity index (χ0v) is 12.0. The van der Waals surface area contributed by atoms with E-state index >= 15 is 0 Å². The zero-order valence-electron chi connectivity index (χ0n) is 10.4. The lowest BCUT2D eigenvalue weighted by Crippen LogP contribution is -2.12. The molecule has 19 heavy (non-hydrogen) atoms. The van der Waals surface area contributed by atoms with Gasteiger partial charge in [0.25, 0.3) is 0 Å². The van der Waals surface area contributed by atoms with Gasteiger partial charge < -0.3 is 9.47 Å². The number of hydrogen-bond donors (Lipinski definition) is 0. The Morgan fingerprint density at radius 3 is 2.89 bits per heavy atom. The van der Waals surface area contributed by atoms with E-state index in [1.165, 1.54) is 0 Å². The van der Waals surface area contributed by atoms with Crippen molar-refractivity contribution in [2.24, 2.45) is 0 Å². The normalized spacial score (nSPS) is 10.6. The summed E-state index contributed by atoms with van der Waals surface area (Å²) in [5, 5.41) is 8.67. The van der Waals surface area contributed by atoms with Gasteiger partial charge in [-0.25, -0.2) is 4.79 Å².